The molecule has 4 aromatic carbocycles. The molecule has 0 amide bonds. The Balaban J connectivity index is 0.000000182. The summed E-state index contributed by atoms with van der Waals surface area (Å²) in [4.78, 5) is 0. The van der Waals surface area contributed by atoms with E-state index < -0.39 is 12.9 Å². The lowest BCUT2D eigenvalue weighted by Crippen LogP contribution is -2.32. The quantitative estimate of drug-likeness (QED) is 0.347. The topological polar surface area (TPSA) is 58.9 Å². The molecule has 0 aliphatic carbocycles. The smallest absolute Gasteiger partial charge is 0.457 e. The Morgan fingerprint density at radius 1 is 0.594 bits per heavy atom. The second kappa shape index (κ2) is 11.4. The summed E-state index contributed by atoms with van der Waals surface area (Å²) < 4.78 is 37.8. The van der Waals surface area contributed by atoms with Crippen molar-refractivity contribution >= 4 is 28.5 Å². The van der Waals surface area contributed by atoms with Gasteiger partial charge in [-0.3, -0.25) is 0 Å². The summed E-state index contributed by atoms with van der Waals surface area (Å²) in [5.74, 6) is 1.03. The molecule has 2 N–H and O–H groups in total. The number of halogens is 3. The summed E-state index contributed by atoms with van der Waals surface area (Å²) in [6.07, 6.45) is 0. The largest absolute Gasteiger partial charge is 0.491 e. The molecule has 0 saturated carbocycles. The van der Waals surface area contributed by atoms with E-state index in [1.54, 1.807) is 36.4 Å². The predicted octanol–water partition coefficient (Wildman–Crippen LogP) is 5.68. The van der Waals surface area contributed by atoms with Crippen molar-refractivity contribution in [2.24, 2.45) is 0 Å². The Hall–Kier alpha value is -3.20. The molecule has 0 radical (unpaired) electrons. The lowest BCUT2D eigenvalue weighted by molar-refractivity contribution is 0.422. The molecule has 4 rings (SSSR count). The van der Waals surface area contributed by atoms with E-state index in [2.05, 4.69) is 15.9 Å². The molecule has 0 unspecified atom stereocenters. The highest BCUT2D eigenvalue weighted by Crippen LogP contribution is 2.25. The van der Waals surface area contributed by atoms with Crippen molar-refractivity contribution in [3.05, 3.63) is 113 Å². The van der Waals surface area contributed by atoms with E-state index in [0.29, 0.717) is 27.5 Å². The van der Waals surface area contributed by atoms with E-state index in [0.717, 1.165) is 6.07 Å². The molecule has 0 saturated heterocycles. The molecule has 4 aromatic rings. The van der Waals surface area contributed by atoms with Crippen LogP contribution in [-0.4, -0.2) is 17.2 Å². The summed E-state index contributed by atoms with van der Waals surface area (Å²) >= 11 is 3.08. The van der Waals surface area contributed by atoms with E-state index in [1.165, 1.54) is 18.2 Å². The van der Waals surface area contributed by atoms with Crippen LogP contribution in [0.4, 0.5) is 8.78 Å². The second-order valence-electron chi connectivity index (χ2n) is 6.46. The van der Waals surface area contributed by atoms with Gasteiger partial charge in [0.05, 0.1) is 4.47 Å². The van der Waals surface area contributed by atoms with Gasteiger partial charge in [-0.15, -0.1) is 0 Å². The Morgan fingerprint density at radius 2 is 1.06 bits per heavy atom. The van der Waals surface area contributed by atoms with Gasteiger partial charge in [0.2, 0.25) is 0 Å². The van der Waals surface area contributed by atoms with Crippen LogP contribution in [0.15, 0.2) is 102 Å². The number of para-hydroxylation sites is 2. The molecule has 0 atom stereocenters. The van der Waals surface area contributed by atoms with E-state index in [4.69, 9.17) is 19.5 Å². The van der Waals surface area contributed by atoms with Gasteiger partial charge in [-0.25, -0.2) is 8.78 Å². The van der Waals surface area contributed by atoms with Crippen molar-refractivity contribution in [2.75, 3.05) is 0 Å². The lowest BCUT2D eigenvalue weighted by atomic mass is 9.80. The Kier molecular flexibility index (Phi) is 8.38. The maximum absolute atomic E-state index is 13.4. The molecule has 0 fully saturated rings. The van der Waals surface area contributed by atoms with Crippen LogP contribution < -0.4 is 14.9 Å². The summed E-state index contributed by atoms with van der Waals surface area (Å²) in [6.45, 7) is 0. The highest BCUT2D eigenvalue weighted by molar-refractivity contribution is 9.10. The average molecular weight is 499 g/mol. The van der Waals surface area contributed by atoms with E-state index in [9.17, 15) is 8.78 Å². The van der Waals surface area contributed by atoms with Crippen molar-refractivity contribution in [2.45, 2.75) is 0 Å². The van der Waals surface area contributed by atoms with Gasteiger partial charge in [0.25, 0.3) is 0 Å². The first-order valence-electron chi connectivity index (χ1n) is 9.49. The fourth-order valence-corrected chi connectivity index (χ4v) is 2.82. The van der Waals surface area contributed by atoms with Crippen LogP contribution in [0.3, 0.4) is 0 Å². The zero-order valence-electron chi connectivity index (χ0n) is 16.7. The standard InChI is InChI=1S/C12H10BFO3.C12H8BrFO/c14-12-8-10(6-7-11(12)13(15)16)17-9-4-2-1-3-5-9;13-11-7-6-10(8-12(11)14)15-9-4-2-1-3-5-9/h1-8,15-16H;1-8H. The van der Waals surface area contributed by atoms with Crippen molar-refractivity contribution in [3.8, 4) is 23.0 Å². The van der Waals surface area contributed by atoms with E-state index >= 15 is 0 Å². The number of hydrogen-bond acceptors (Lipinski definition) is 4. The summed E-state index contributed by atoms with van der Waals surface area (Å²) in [5.41, 5.74) is -0.176. The van der Waals surface area contributed by atoms with Crippen LogP contribution in [-0.2, 0) is 0 Å². The Morgan fingerprint density at radius 3 is 1.50 bits per heavy atom. The fraction of sp³-hybridized carbons (Fsp3) is 0. The molecule has 8 heteroatoms. The van der Waals surface area contributed by atoms with Crippen molar-refractivity contribution in [1.82, 2.24) is 0 Å². The van der Waals surface area contributed by atoms with Crippen LogP contribution in [0.5, 0.6) is 23.0 Å². The third-order valence-corrected chi connectivity index (χ3v) is 4.74. The fourth-order valence-electron chi connectivity index (χ4n) is 2.57. The minimum absolute atomic E-state index is 0.176. The molecule has 0 aliphatic rings. The minimum Gasteiger partial charge on any atom is -0.457 e. The molecule has 0 heterocycles. The first-order chi connectivity index (χ1) is 15.4. The highest BCUT2D eigenvalue weighted by atomic mass is 79.9. The van der Waals surface area contributed by atoms with Crippen LogP contribution in [0.25, 0.3) is 0 Å². The van der Waals surface area contributed by atoms with Gasteiger partial charge < -0.3 is 19.5 Å². The molecule has 162 valence electrons. The monoisotopic (exact) mass is 498 g/mol. The Labute approximate surface area is 193 Å². The zero-order valence-corrected chi connectivity index (χ0v) is 18.2. The van der Waals surface area contributed by atoms with Gasteiger partial charge in [-0.1, -0.05) is 42.5 Å². The van der Waals surface area contributed by atoms with Crippen molar-refractivity contribution < 1.29 is 28.3 Å². The van der Waals surface area contributed by atoms with Gasteiger partial charge in [0.1, 0.15) is 34.6 Å². The van der Waals surface area contributed by atoms with E-state index in [-0.39, 0.29) is 11.3 Å². The van der Waals surface area contributed by atoms with Crippen LogP contribution in [0.2, 0.25) is 0 Å². The second-order valence-corrected chi connectivity index (χ2v) is 7.32. The molecule has 0 aromatic heterocycles. The summed E-state index contributed by atoms with van der Waals surface area (Å²) in [7, 11) is -1.82. The predicted molar refractivity (Wildman–Crippen MR) is 123 cm³/mol. The lowest BCUT2D eigenvalue weighted by Gasteiger charge is -2.07. The van der Waals surface area contributed by atoms with Crippen molar-refractivity contribution in [3.63, 3.8) is 0 Å². The van der Waals surface area contributed by atoms with Gasteiger partial charge in [-0.2, -0.15) is 0 Å². The maximum Gasteiger partial charge on any atom is 0.491 e. The van der Waals surface area contributed by atoms with Crippen LogP contribution >= 0.6 is 15.9 Å². The van der Waals surface area contributed by atoms with Crippen LogP contribution in [0.1, 0.15) is 0 Å². The van der Waals surface area contributed by atoms with Gasteiger partial charge in [-0.05, 0) is 58.4 Å². The summed E-state index contributed by atoms with van der Waals surface area (Å²) in [6, 6.07) is 26.7. The minimum atomic E-state index is -1.82. The molecule has 4 nitrogen and oxygen atoms in total. The highest BCUT2D eigenvalue weighted by Gasteiger charge is 2.16. The van der Waals surface area contributed by atoms with Crippen LogP contribution in [0, 0.1) is 11.6 Å². The third-order valence-electron chi connectivity index (χ3n) is 4.10. The molecule has 32 heavy (non-hydrogen) atoms. The number of hydrogen-bond donors (Lipinski definition) is 2. The summed E-state index contributed by atoms with van der Waals surface area (Å²) in [5, 5.41) is 17.7. The average Bonchev–Trinajstić information content (AvgIpc) is 2.78. The van der Waals surface area contributed by atoms with Gasteiger partial charge >= 0.3 is 7.12 Å². The molecule has 0 spiro atoms. The zero-order chi connectivity index (χ0) is 22.9. The number of benzene rings is 4. The number of rotatable bonds is 5. The van der Waals surface area contributed by atoms with E-state index in [1.807, 2.05) is 36.4 Å². The molecular formula is C24H18BBrF2O4. The SMILES string of the molecule is Fc1cc(Oc2ccccc2)ccc1Br.OB(O)c1ccc(Oc2ccccc2)cc1F. The normalized spacial score (nSPS) is 10.0. The number of ether oxygens (including phenoxy) is 2. The third kappa shape index (κ3) is 6.92. The Bertz CT molecular complexity index is 1150. The first-order valence-corrected chi connectivity index (χ1v) is 10.3. The first kappa shape index (κ1) is 23.5. The maximum atomic E-state index is 13.4. The molecule has 0 bridgehead atoms. The van der Waals surface area contributed by atoms with Gasteiger partial charge in [0.15, 0.2) is 0 Å². The van der Waals surface area contributed by atoms with Gasteiger partial charge in [0, 0.05) is 17.6 Å². The molecular weight excluding hydrogens is 481 g/mol. The molecule has 0 aliphatic heterocycles. The van der Waals surface area contributed by atoms with Crippen molar-refractivity contribution in [1.29, 1.82) is 0 Å².